The average molecular weight is 327 g/mol. The second-order valence-electron chi connectivity index (χ2n) is 6.34. The molecule has 1 heterocycles. The second kappa shape index (κ2) is 5.43. The van der Waals surface area contributed by atoms with Crippen LogP contribution in [0, 0.1) is 11.3 Å². The molecule has 0 aromatic heterocycles. The zero-order valence-electron chi connectivity index (χ0n) is 13.5. The molecule has 0 N–H and O–H groups in total. The smallest absolute Gasteiger partial charge is 0.496 e. The van der Waals surface area contributed by atoms with Gasteiger partial charge in [0, 0.05) is 5.46 Å². The summed E-state index contributed by atoms with van der Waals surface area (Å²) >= 11 is 0. The summed E-state index contributed by atoms with van der Waals surface area (Å²) < 4.78 is 55.9. The van der Waals surface area contributed by atoms with E-state index in [4.69, 9.17) is 14.0 Å². The maximum atomic E-state index is 13.2. The lowest BCUT2D eigenvalue weighted by Gasteiger charge is -2.32. The van der Waals surface area contributed by atoms with Crippen molar-refractivity contribution in [2.45, 2.75) is 45.1 Å². The zero-order chi connectivity index (χ0) is 17.6. The standard InChI is InChI=1S/C15H17BF3NO3/c1-13(2)14(3,4)23-16(22-13)11-7-10(15(17,18)19)12(21-5)6-9(11)8-20/h6-7H,1-5H3. The number of ether oxygens (including phenoxy) is 1. The first-order chi connectivity index (χ1) is 10.4. The van der Waals surface area contributed by atoms with Gasteiger partial charge in [-0.15, -0.1) is 0 Å². The van der Waals surface area contributed by atoms with Crippen LogP contribution in [0.5, 0.6) is 5.75 Å². The van der Waals surface area contributed by atoms with Gasteiger partial charge in [0.05, 0.1) is 35.5 Å². The zero-order valence-corrected chi connectivity index (χ0v) is 13.5. The van der Waals surface area contributed by atoms with Gasteiger partial charge >= 0.3 is 13.3 Å². The minimum absolute atomic E-state index is 0.0216. The summed E-state index contributed by atoms with van der Waals surface area (Å²) in [6.07, 6.45) is -4.61. The Hall–Kier alpha value is -1.72. The molecule has 0 unspecified atom stereocenters. The molecule has 1 fully saturated rings. The molecule has 1 aromatic carbocycles. The van der Waals surface area contributed by atoms with Gasteiger partial charge in [0.15, 0.2) is 0 Å². The predicted molar refractivity (Wildman–Crippen MR) is 78.4 cm³/mol. The van der Waals surface area contributed by atoms with Gasteiger partial charge in [-0.3, -0.25) is 0 Å². The summed E-state index contributed by atoms with van der Waals surface area (Å²) in [6.45, 7) is 7.14. The Morgan fingerprint density at radius 2 is 1.65 bits per heavy atom. The highest BCUT2D eigenvalue weighted by Gasteiger charge is 2.53. The highest BCUT2D eigenvalue weighted by atomic mass is 19.4. The third-order valence-electron chi connectivity index (χ3n) is 4.30. The number of hydrogen-bond donors (Lipinski definition) is 0. The molecule has 124 valence electrons. The monoisotopic (exact) mass is 327 g/mol. The molecular weight excluding hydrogens is 310 g/mol. The number of methoxy groups -OCH3 is 1. The van der Waals surface area contributed by atoms with Crippen LogP contribution in [0.15, 0.2) is 12.1 Å². The van der Waals surface area contributed by atoms with Crippen LogP contribution in [0.3, 0.4) is 0 Å². The topological polar surface area (TPSA) is 51.5 Å². The van der Waals surface area contributed by atoms with Gasteiger partial charge in [-0.1, -0.05) is 0 Å². The average Bonchev–Trinajstić information content (AvgIpc) is 2.64. The largest absolute Gasteiger partial charge is 0.496 e. The van der Waals surface area contributed by atoms with E-state index in [9.17, 15) is 18.4 Å². The van der Waals surface area contributed by atoms with Gasteiger partial charge in [-0.05, 0) is 39.8 Å². The molecule has 2 rings (SSSR count). The normalized spacial score (nSPS) is 19.5. The molecule has 23 heavy (non-hydrogen) atoms. The van der Waals surface area contributed by atoms with Crippen molar-refractivity contribution in [3.63, 3.8) is 0 Å². The van der Waals surface area contributed by atoms with Crippen LogP contribution in [-0.2, 0) is 15.5 Å². The maximum Gasteiger partial charge on any atom is 0.496 e. The maximum absolute atomic E-state index is 13.2. The summed E-state index contributed by atoms with van der Waals surface area (Å²) in [5.41, 5.74) is -2.35. The van der Waals surface area contributed by atoms with Gasteiger partial charge in [0.2, 0.25) is 0 Å². The van der Waals surface area contributed by atoms with Gasteiger partial charge in [-0.2, -0.15) is 18.4 Å². The molecule has 4 nitrogen and oxygen atoms in total. The minimum Gasteiger partial charge on any atom is -0.496 e. The van der Waals surface area contributed by atoms with Crippen molar-refractivity contribution in [1.29, 1.82) is 5.26 Å². The molecule has 8 heteroatoms. The number of alkyl halides is 3. The van der Waals surface area contributed by atoms with Crippen molar-refractivity contribution >= 4 is 12.6 Å². The lowest BCUT2D eigenvalue weighted by Crippen LogP contribution is -2.41. The van der Waals surface area contributed by atoms with Crippen LogP contribution in [0.4, 0.5) is 13.2 Å². The van der Waals surface area contributed by atoms with Crippen molar-refractivity contribution in [2.75, 3.05) is 7.11 Å². The first kappa shape index (κ1) is 17.6. The van der Waals surface area contributed by atoms with Crippen molar-refractivity contribution < 1.29 is 27.2 Å². The Balaban J connectivity index is 2.58. The number of nitriles is 1. The highest BCUT2D eigenvalue weighted by Crippen LogP contribution is 2.39. The summed E-state index contributed by atoms with van der Waals surface area (Å²) in [5, 5.41) is 9.25. The van der Waals surface area contributed by atoms with E-state index in [-0.39, 0.29) is 11.0 Å². The van der Waals surface area contributed by atoms with E-state index in [1.165, 1.54) is 0 Å². The summed E-state index contributed by atoms with van der Waals surface area (Å²) in [5.74, 6) is -0.408. The van der Waals surface area contributed by atoms with Gasteiger partial charge < -0.3 is 14.0 Å². The first-order valence-corrected chi connectivity index (χ1v) is 6.98. The Bertz CT molecular complexity index is 649. The van der Waals surface area contributed by atoms with Crippen LogP contribution >= 0.6 is 0 Å². The van der Waals surface area contributed by atoms with Gasteiger partial charge in [-0.25, -0.2) is 0 Å². The van der Waals surface area contributed by atoms with E-state index < -0.39 is 35.8 Å². The molecular formula is C15H17BF3NO3. The fourth-order valence-electron chi connectivity index (χ4n) is 2.25. The van der Waals surface area contributed by atoms with Gasteiger partial charge in [0.25, 0.3) is 0 Å². The van der Waals surface area contributed by atoms with E-state index in [1.807, 2.05) is 6.07 Å². The quantitative estimate of drug-likeness (QED) is 0.784. The fourth-order valence-corrected chi connectivity index (χ4v) is 2.25. The molecule has 1 saturated heterocycles. The van der Waals surface area contributed by atoms with Crippen molar-refractivity contribution in [3.8, 4) is 11.8 Å². The number of halogens is 3. The Kier molecular flexibility index (Phi) is 4.16. The van der Waals surface area contributed by atoms with Crippen LogP contribution in [0.2, 0.25) is 0 Å². The molecule has 0 aliphatic carbocycles. The van der Waals surface area contributed by atoms with E-state index in [2.05, 4.69) is 0 Å². The van der Waals surface area contributed by atoms with Crippen LogP contribution in [0.1, 0.15) is 38.8 Å². The van der Waals surface area contributed by atoms with Crippen LogP contribution in [-0.4, -0.2) is 25.4 Å². The van der Waals surface area contributed by atoms with Crippen LogP contribution < -0.4 is 10.2 Å². The molecule has 0 bridgehead atoms. The Labute approximate surface area is 133 Å². The number of benzene rings is 1. The molecule has 0 spiro atoms. The third kappa shape index (κ3) is 3.03. The van der Waals surface area contributed by atoms with Crippen LogP contribution in [0.25, 0.3) is 0 Å². The number of hydrogen-bond acceptors (Lipinski definition) is 4. The van der Waals surface area contributed by atoms with E-state index in [0.29, 0.717) is 0 Å². The molecule has 0 radical (unpaired) electrons. The van der Waals surface area contributed by atoms with E-state index in [0.717, 1.165) is 19.2 Å². The lowest BCUT2D eigenvalue weighted by molar-refractivity contribution is -0.138. The molecule has 1 aliphatic heterocycles. The molecule has 0 atom stereocenters. The summed E-state index contributed by atoms with van der Waals surface area (Å²) in [4.78, 5) is 0. The summed E-state index contributed by atoms with van der Waals surface area (Å²) in [6, 6.07) is 3.79. The van der Waals surface area contributed by atoms with Gasteiger partial charge in [0.1, 0.15) is 5.75 Å². The molecule has 1 aliphatic rings. The third-order valence-corrected chi connectivity index (χ3v) is 4.30. The van der Waals surface area contributed by atoms with Crippen molar-refractivity contribution in [2.24, 2.45) is 0 Å². The summed E-state index contributed by atoms with van der Waals surface area (Å²) in [7, 11) is 0.0712. The predicted octanol–water partition coefficient (Wildman–Crippen LogP) is 2.88. The van der Waals surface area contributed by atoms with E-state index >= 15 is 0 Å². The highest BCUT2D eigenvalue weighted by molar-refractivity contribution is 6.63. The first-order valence-electron chi connectivity index (χ1n) is 6.98. The van der Waals surface area contributed by atoms with Crippen molar-refractivity contribution in [1.82, 2.24) is 0 Å². The Morgan fingerprint density at radius 1 is 1.13 bits per heavy atom. The molecule has 0 amide bonds. The number of rotatable bonds is 2. The number of nitrogens with zero attached hydrogens (tertiary/aromatic N) is 1. The van der Waals surface area contributed by atoms with Crippen molar-refractivity contribution in [3.05, 3.63) is 23.3 Å². The Morgan fingerprint density at radius 3 is 2.04 bits per heavy atom. The lowest BCUT2D eigenvalue weighted by atomic mass is 9.75. The van der Waals surface area contributed by atoms with E-state index in [1.54, 1.807) is 27.7 Å². The molecule has 1 aromatic rings. The molecule has 0 saturated carbocycles. The second-order valence-corrected chi connectivity index (χ2v) is 6.34. The fraction of sp³-hybridized carbons (Fsp3) is 0.533. The SMILES string of the molecule is COc1cc(C#N)c(B2OC(C)(C)C(C)(C)O2)cc1C(F)(F)F. The minimum atomic E-state index is -4.61.